The van der Waals surface area contributed by atoms with Gasteiger partial charge in [0.1, 0.15) is 10.8 Å². The summed E-state index contributed by atoms with van der Waals surface area (Å²) < 4.78 is 5.53. The van der Waals surface area contributed by atoms with Gasteiger partial charge in [-0.15, -0.1) is 0 Å². The van der Waals surface area contributed by atoms with Crippen molar-refractivity contribution in [3.05, 3.63) is 29.9 Å². The van der Waals surface area contributed by atoms with E-state index in [1.54, 1.807) is 12.3 Å². The van der Waals surface area contributed by atoms with Crippen molar-refractivity contribution in [1.29, 1.82) is 0 Å². The highest BCUT2D eigenvalue weighted by molar-refractivity contribution is 6.31. The second kappa shape index (κ2) is 3.54. The number of rotatable bonds is 3. The molecule has 2 rings (SSSR count). The third kappa shape index (κ3) is 2.34. The standard InChI is InChI=1S/C10H11ClNO/c1-7-4-10(9(11)5-12-7)13-6-8-2-3-8/h4-5,8H,1-3,6H2. The summed E-state index contributed by atoms with van der Waals surface area (Å²) in [6, 6.07) is 1.77. The SMILES string of the molecule is [CH2]c1cc(OCC2CC2)c(Cl)cn1. The van der Waals surface area contributed by atoms with Crippen LogP contribution >= 0.6 is 11.6 Å². The molecule has 1 aromatic rings. The van der Waals surface area contributed by atoms with Gasteiger partial charge in [-0.3, -0.25) is 4.98 Å². The van der Waals surface area contributed by atoms with Gasteiger partial charge in [-0.1, -0.05) is 11.6 Å². The van der Waals surface area contributed by atoms with E-state index in [4.69, 9.17) is 16.3 Å². The van der Waals surface area contributed by atoms with E-state index in [9.17, 15) is 0 Å². The van der Waals surface area contributed by atoms with Crippen LogP contribution in [0.15, 0.2) is 12.3 Å². The average Bonchev–Trinajstić information content (AvgIpc) is 2.90. The number of nitrogens with zero attached hydrogens (tertiary/aromatic N) is 1. The molecule has 0 aromatic carbocycles. The summed E-state index contributed by atoms with van der Waals surface area (Å²) in [5.41, 5.74) is 0.690. The first kappa shape index (κ1) is 8.82. The molecule has 69 valence electrons. The summed E-state index contributed by atoms with van der Waals surface area (Å²) in [6.07, 6.45) is 4.13. The smallest absolute Gasteiger partial charge is 0.141 e. The number of ether oxygens (including phenoxy) is 1. The van der Waals surface area contributed by atoms with Gasteiger partial charge < -0.3 is 4.74 Å². The van der Waals surface area contributed by atoms with Gasteiger partial charge in [0.05, 0.1) is 6.61 Å². The lowest BCUT2D eigenvalue weighted by Gasteiger charge is -2.06. The fourth-order valence-corrected chi connectivity index (χ4v) is 1.22. The van der Waals surface area contributed by atoms with Crippen LogP contribution in [0.4, 0.5) is 0 Å². The van der Waals surface area contributed by atoms with E-state index < -0.39 is 0 Å². The van der Waals surface area contributed by atoms with Gasteiger partial charge >= 0.3 is 0 Å². The highest BCUT2D eigenvalue weighted by Crippen LogP contribution is 2.31. The molecule has 0 amide bonds. The lowest BCUT2D eigenvalue weighted by Crippen LogP contribution is -2.00. The van der Waals surface area contributed by atoms with E-state index in [1.807, 2.05) is 0 Å². The number of pyridine rings is 1. The Kier molecular flexibility index (Phi) is 2.40. The fraction of sp³-hybridized carbons (Fsp3) is 0.400. The van der Waals surface area contributed by atoms with Crippen molar-refractivity contribution in [1.82, 2.24) is 4.98 Å². The Hall–Kier alpha value is -0.760. The summed E-state index contributed by atoms with van der Waals surface area (Å²) >= 11 is 5.88. The van der Waals surface area contributed by atoms with Crippen molar-refractivity contribution in [2.75, 3.05) is 6.61 Å². The number of hydrogen-bond acceptors (Lipinski definition) is 2. The Morgan fingerprint density at radius 1 is 1.62 bits per heavy atom. The second-order valence-electron chi connectivity index (χ2n) is 3.36. The first-order chi connectivity index (χ1) is 6.25. The zero-order valence-electron chi connectivity index (χ0n) is 7.29. The molecule has 1 aliphatic rings. The van der Waals surface area contributed by atoms with Gasteiger partial charge in [0, 0.05) is 18.0 Å². The molecule has 1 aromatic heterocycles. The van der Waals surface area contributed by atoms with Crippen LogP contribution in [0.3, 0.4) is 0 Å². The molecule has 0 bridgehead atoms. The monoisotopic (exact) mass is 196 g/mol. The largest absolute Gasteiger partial charge is 0.492 e. The maximum atomic E-state index is 5.88. The topological polar surface area (TPSA) is 22.1 Å². The van der Waals surface area contributed by atoms with Crippen molar-refractivity contribution in [2.45, 2.75) is 12.8 Å². The maximum Gasteiger partial charge on any atom is 0.141 e. The number of aromatic nitrogens is 1. The third-order valence-corrected chi connectivity index (χ3v) is 2.33. The minimum Gasteiger partial charge on any atom is -0.492 e. The van der Waals surface area contributed by atoms with Crippen LogP contribution < -0.4 is 4.74 Å². The molecule has 0 saturated heterocycles. The van der Waals surface area contributed by atoms with E-state index in [0.29, 0.717) is 16.5 Å². The van der Waals surface area contributed by atoms with Crippen molar-refractivity contribution >= 4 is 11.6 Å². The summed E-state index contributed by atoms with van der Waals surface area (Å²) in [4.78, 5) is 3.96. The van der Waals surface area contributed by atoms with Gasteiger partial charge in [0.15, 0.2) is 0 Å². The Bertz CT molecular complexity index is 310. The minimum atomic E-state index is 0.563. The maximum absolute atomic E-state index is 5.88. The molecule has 1 aliphatic carbocycles. The van der Waals surface area contributed by atoms with Crippen LogP contribution in [0.2, 0.25) is 5.02 Å². The fourth-order valence-electron chi connectivity index (χ4n) is 1.06. The quantitative estimate of drug-likeness (QED) is 0.742. The molecule has 0 aliphatic heterocycles. The van der Waals surface area contributed by atoms with E-state index in [0.717, 1.165) is 12.5 Å². The predicted octanol–water partition coefficient (Wildman–Crippen LogP) is 2.71. The molecule has 3 heteroatoms. The van der Waals surface area contributed by atoms with Crippen molar-refractivity contribution < 1.29 is 4.74 Å². The summed E-state index contributed by atoms with van der Waals surface area (Å²) in [5.74, 6) is 1.44. The molecular formula is C10H11ClNO. The van der Waals surface area contributed by atoms with Crippen molar-refractivity contribution in [2.24, 2.45) is 5.92 Å². The van der Waals surface area contributed by atoms with Crippen LogP contribution in [0.25, 0.3) is 0 Å². The van der Waals surface area contributed by atoms with Crippen LogP contribution in [0.1, 0.15) is 18.5 Å². The van der Waals surface area contributed by atoms with E-state index in [1.165, 1.54) is 12.8 Å². The predicted molar refractivity (Wildman–Crippen MR) is 51.9 cm³/mol. The Balaban J connectivity index is 2.03. The summed E-state index contributed by atoms with van der Waals surface area (Å²) in [5, 5.41) is 0.563. The molecular weight excluding hydrogens is 186 g/mol. The van der Waals surface area contributed by atoms with Crippen molar-refractivity contribution in [3.8, 4) is 5.75 Å². The molecule has 1 saturated carbocycles. The first-order valence-electron chi connectivity index (χ1n) is 4.36. The Labute approximate surface area is 82.9 Å². The first-order valence-corrected chi connectivity index (χ1v) is 4.74. The zero-order chi connectivity index (χ0) is 9.26. The van der Waals surface area contributed by atoms with Crippen LogP contribution in [-0.4, -0.2) is 11.6 Å². The lowest BCUT2D eigenvalue weighted by atomic mass is 10.3. The molecule has 2 nitrogen and oxygen atoms in total. The molecule has 1 radical (unpaired) electrons. The zero-order valence-corrected chi connectivity index (χ0v) is 8.05. The molecule has 0 atom stereocenters. The van der Waals surface area contributed by atoms with Gasteiger partial charge in [-0.2, -0.15) is 0 Å². The summed E-state index contributed by atoms with van der Waals surface area (Å²) in [7, 11) is 0. The van der Waals surface area contributed by atoms with E-state index >= 15 is 0 Å². The van der Waals surface area contributed by atoms with Gasteiger partial charge in [-0.05, 0) is 25.7 Å². The molecule has 0 N–H and O–H groups in total. The van der Waals surface area contributed by atoms with E-state index in [2.05, 4.69) is 11.9 Å². The van der Waals surface area contributed by atoms with Crippen LogP contribution in [-0.2, 0) is 0 Å². The number of hydrogen-bond donors (Lipinski definition) is 0. The van der Waals surface area contributed by atoms with Crippen molar-refractivity contribution in [3.63, 3.8) is 0 Å². The Morgan fingerprint density at radius 2 is 2.38 bits per heavy atom. The molecule has 1 fully saturated rings. The van der Waals surface area contributed by atoms with Crippen LogP contribution in [0, 0.1) is 12.8 Å². The second-order valence-corrected chi connectivity index (χ2v) is 3.77. The van der Waals surface area contributed by atoms with Gasteiger partial charge in [0.2, 0.25) is 0 Å². The van der Waals surface area contributed by atoms with Gasteiger partial charge in [0.25, 0.3) is 0 Å². The van der Waals surface area contributed by atoms with Crippen LogP contribution in [0.5, 0.6) is 5.75 Å². The average molecular weight is 197 g/mol. The molecule has 1 heterocycles. The van der Waals surface area contributed by atoms with Gasteiger partial charge in [-0.25, -0.2) is 0 Å². The molecule has 0 spiro atoms. The Morgan fingerprint density at radius 3 is 3.08 bits per heavy atom. The minimum absolute atomic E-state index is 0.563. The molecule has 13 heavy (non-hydrogen) atoms. The summed E-state index contributed by atoms with van der Waals surface area (Å²) in [6.45, 7) is 4.48. The third-order valence-electron chi connectivity index (χ3n) is 2.05. The normalized spacial score (nSPS) is 15.8. The molecule has 0 unspecified atom stereocenters. The lowest BCUT2D eigenvalue weighted by molar-refractivity contribution is 0.299. The number of halogens is 1. The highest BCUT2D eigenvalue weighted by Gasteiger charge is 2.22. The van der Waals surface area contributed by atoms with E-state index in [-0.39, 0.29) is 0 Å². The highest BCUT2D eigenvalue weighted by atomic mass is 35.5.